The van der Waals surface area contributed by atoms with Crippen LogP contribution in [-0.4, -0.2) is 37.6 Å². The van der Waals surface area contributed by atoms with E-state index in [0.29, 0.717) is 24.8 Å². The molecular formula is C17H27FN4O2. The summed E-state index contributed by atoms with van der Waals surface area (Å²) in [6, 6.07) is 5.88. The molecule has 1 rings (SSSR count). The van der Waals surface area contributed by atoms with Gasteiger partial charge in [0.25, 0.3) is 0 Å². The zero-order valence-corrected chi connectivity index (χ0v) is 14.7. The van der Waals surface area contributed by atoms with E-state index in [1.54, 1.807) is 26.0 Å². The average Bonchev–Trinajstić information content (AvgIpc) is 2.52. The summed E-state index contributed by atoms with van der Waals surface area (Å²) in [7, 11) is 0. The highest BCUT2D eigenvalue weighted by molar-refractivity contribution is 5.82. The lowest BCUT2D eigenvalue weighted by Gasteiger charge is -2.20. The molecule has 0 saturated heterocycles. The Bertz CT molecular complexity index is 558. The van der Waals surface area contributed by atoms with Gasteiger partial charge >= 0.3 is 0 Å². The fourth-order valence-corrected chi connectivity index (χ4v) is 1.72. The van der Waals surface area contributed by atoms with Crippen LogP contribution in [0.3, 0.4) is 0 Å². The first-order valence-electron chi connectivity index (χ1n) is 7.99. The minimum absolute atomic E-state index is 0.150. The summed E-state index contributed by atoms with van der Waals surface area (Å²) in [4.78, 5) is 15.7. The van der Waals surface area contributed by atoms with E-state index in [2.05, 4.69) is 15.6 Å². The molecular weight excluding hydrogens is 311 g/mol. The van der Waals surface area contributed by atoms with Gasteiger partial charge in [-0.05, 0) is 52.0 Å². The molecule has 0 aliphatic rings. The summed E-state index contributed by atoms with van der Waals surface area (Å²) in [5, 5.41) is 6.25. The van der Waals surface area contributed by atoms with Gasteiger partial charge in [-0.15, -0.1) is 0 Å². The summed E-state index contributed by atoms with van der Waals surface area (Å²) in [5.74, 6) is 0.491. The van der Waals surface area contributed by atoms with Crippen LogP contribution < -0.4 is 21.1 Å². The SMILES string of the molecule is CCNC(=NCC(C)(C)C(N)=O)NCC(C)Oc1ccc(F)cc1. The number of benzene rings is 1. The van der Waals surface area contributed by atoms with E-state index in [9.17, 15) is 9.18 Å². The van der Waals surface area contributed by atoms with Crippen LogP contribution in [0.1, 0.15) is 27.7 Å². The van der Waals surface area contributed by atoms with Gasteiger partial charge in [0.1, 0.15) is 17.7 Å². The molecule has 0 spiro atoms. The van der Waals surface area contributed by atoms with Crippen molar-refractivity contribution in [3.63, 3.8) is 0 Å². The summed E-state index contributed by atoms with van der Waals surface area (Å²) in [6.07, 6.45) is -0.150. The maximum Gasteiger partial charge on any atom is 0.224 e. The predicted octanol–water partition coefficient (Wildman–Crippen LogP) is 1.66. The number of nitrogens with one attached hydrogen (secondary N) is 2. The molecule has 7 heteroatoms. The normalized spacial score (nSPS) is 13.3. The van der Waals surface area contributed by atoms with Gasteiger partial charge in [0.15, 0.2) is 5.96 Å². The third kappa shape index (κ3) is 6.85. The summed E-state index contributed by atoms with van der Waals surface area (Å²) >= 11 is 0. The molecule has 0 saturated carbocycles. The maximum absolute atomic E-state index is 12.9. The molecule has 0 radical (unpaired) electrons. The Morgan fingerprint density at radius 3 is 2.50 bits per heavy atom. The highest BCUT2D eigenvalue weighted by atomic mass is 19.1. The Morgan fingerprint density at radius 2 is 1.96 bits per heavy atom. The number of rotatable bonds is 8. The van der Waals surface area contributed by atoms with Crippen LogP contribution in [0.25, 0.3) is 0 Å². The van der Waals surface area contributed by atoms with Crippen LogP contribution in [0, 0.1) is 11.2 Å². The van der Waals surface area contributed by atoms with Crippen LogP contribution in [0.5, 0.6) is 5.75 Å². The number of aliphatic imine (C=N–C) groups is 1. The van der Waals surface area contributed by atoms with Gasteiger partial charge < -0.3 is 21.1 Å². The monoisotopic (exact) mass is 338 g/mol. The minimum atomic E-state index is -0.710. The average molecular weight is 338 g/mol. The quantitative estimate of drug-likeness (QED) is 0.497. The van der Waals surface area contributed by atoms with Crippen molar-refractivity contribution in [3.05, 3.63) is 30.1 Å². The molecule has 1 aromatic carbocycles. The number of carbonyl (C=O) groups excluding carboxylic acids is 1. The van der Waals surface area contributed by atoms with Gasteiger partial charge in [-0.25, -0.2) is 4.39 Å². The molecule has 0 aromatic heterocycles. The first kappa shape index (κ1) is 19.7. The smallest absolute Gasteiger partial charge is 0.224 e. The number of guanidine groups is 1. The Hall–Kier alpha value is -2.31. The summed E-state index contributed by atoms with van der Waals surface area (Å²) in [5.41, 5.74) is 4.64. The number of primary amides is 1. The molecule has 1 atom stereocenters. The molecule has 0 fully saturated rings. The van der Waals surface area contributed by atoms with Gasteiger partial charge in [-0.3, -0.25) is 9.79 Å². The topological polar surface area (TPSA) is 88.7 Å². The number of carbonyl (C=O) groups is 1. The zero-order valence-electron chi connectivity index (χ0n) is 14.7. The second-order valence-corrected chi connectivity index (χ2v) is 6.21. The molecule has 1 aromatic rings. The lowest BCUT2D eigenvalue weighted by Crippen LogP contribution is -2.43. The molecule has 24 heavy (non-hydrogen) atoms. The fourth-order valence-electron chi connectivity index (χ4n) is 1.72. The molecule has 0 heterocycles. The van der Waals surface area contributed by atoms with E-state index in [1.807, 2.05) is 13.8 Å². The van der Waals surface area contributed by atoms with E-state index in [4.69, 9.17) is 10.5 Å². The second kappa shape index (κ2) is 9.10. The van der Waals surface area contributed by atoms with Crippen LogP contribution in [0.15, 0.2) is 29.3 Å². The highest BCUT2D eigenvalue weighted by Gasteiger charge is 2.24. The number of hydrogen-bond acceptors (Lipinski definition) is 3. The van der Waals surface area contributed by atoms with E-state index >= 15 is 0 Å². The predicted molar refractivity (Wildman–Crippen MR) is 93.4 cm³/mol. The van der Waals surface area contributed by atoms with Crippen molar-refractivity contribution in [2.45, 2.75) is 33.8 Å². The number of halogens is 1. The summed E-state index contributed by atoms with van der Waals surface area (Å²) < 4.78 is 18.6. The van der Waals surface area contributed by atoms with Gasteiger partial charge in [0, 0.05) is 6.54 Å². The lowest BCUT2D eigenvalue weighted by molar-refractivity contribution is -0.125. The molecule has 4 N–H and O–H groups in total. The van der Waals surface area contributed by atoms with Gasteiger partial charge in [-0.2, -0.15) is 0 Å². The largest absolute Gasteiger partial charge is 0.489 e. The molecule has 134 valence electrons. The van der Waals surface area contributed by atoms with Crippen molar-refractivity contribution in [2.75, 3.05) is 19.6 Å². The summed E-state index contributed by atoms with van der Waals surface area (Å²) in [6.45, 7) is 8.83. The maximum atomic E-state index is 12.9. The molecule has 1 unspecified atom stereocenters. The fraction of sp³-hybridized carbons (Fsp3) is 0.529. The third-order valence-electron chi connectivity index (χ3n) is 3.35. The van der Waals surface area contributed by atoms with E-state index < -0.39 is 11.3 Å². The van der Waals surface area contributed by atoms with Gasteiger partial charge in [0.05, 0.1) is 18.5 Å². The molecule has 0 aliphatic heterocycles. The van der Waals surface area contributed by atoms with Crippen LogP contribution in [0.4, 0.5) is 4.39 Å². The van der Waals surface area contributed by atoms with Crippen molar-refractivity contribution >= 4 is 11.9 Å². The van der Waals surface area contributed by atoms with E-state index in [-0.39, 0.29) is 18.5 Å². The second-order valence-electron chi connectivity index (χ2n) is 6.21. The van der Waals surface area contributed by atoms with E-state index in [1.165, 1.54) is 12.1 Å². The Morgan fingerprint density at radius 1 is 1.33 bits per heavy atom. The standard InChI is InChI=1S/C17H27FN4O2/c1-5-20-16(22-11-17(3,4)15(19)23)21-10-12(2)24-14-8-6-13(18)7-9-14/h6-9,12H,5,10-11H2,1-4H3,(H2,19,23)(H2,20,21,22). The lowest BCUT2D eigenvalue weighted by atomic mass is 9.93. The highest BCUT2D eigenvalue weighted by Crippen LogP contribution is 2.14. The van der Waals surface area contributed by atoms with Crippen LogP contribution in [-0.2, 0) is 4.79 Å². The minimum Gasteiger partial charge on any atom is -0.489 e. The van der Waals surface area contributed by atoms with E-state index in [0.717, 1.165) is 0 Å². The Balaban J connectivity index is 2.55. The number of hydrogen-bond donors (Lipinski definition) is 3. The zero-order chi connectivity index (χ0) is 18.2. The van der Waals surface area contributed by atoms with Crippen molar-refractivity contribution in [1.29, 1.82) is 0 Å². The Labute approximate surface area is 142 Å². The van der Waals surface area contributed by atoms with Crippen molar-refractivity contribution < 1.29 is 13.9 Å². The first-order valence-corrected chi connectivity index (χ1v) is 7.99. The number of nitrogens with zero attached hydrogens (tertiary/aromatic N) is 1. The molecule has 1 amide bonds. The van der Waals surface area contributed by atoms with Gasteiger partial charge in [-0.1, -0.05) is 0 Å². The van der Waals surface area contributed by atoms with Crippen molar-refractivity contribution in [3.8, 4) is 5.75 Å². The van der Waals surface area contributed by atoms with Crippen molar-refractivity contribution in [2.24, 2.45) is 16.1 Å². The molecule has 0 bridgehead atoms. The first-order chi connectivity index (χ1) is 11.2. The van der Waals surface area contributed by atoms with Gasteiger partial charge in [0.2, 0.25) is 5.91 Å². The molecule has 6 nitrogen and oxygen atoms in total. The van der Waals surface area contributed by atoms with Crippen molar-refractivity contribution in [1.82, 2.24) is 10.6 Å². The van der Waals surface area contributed by atoms with Crippen LogP contribution in [0.2, 0.25) is 0 Å². The van der Waals surface area contributed by atoms with Crippen LogP contribution >= 0.6 is 0 Å². The molecule has 0 aliphatic carbocycles. The third-order valence-corrected chi connectivity index (χ3v) is 3.35. The number of amides is 1. The number of ether oxygens (including phenoxy) is 1. The Kier molecular flexibility index (Phi) is 7.48. The number of nitrogens with two attached hydrogens (primary N) is 1.